The average molecular weight is 336 g/mol. The van der Waals surface area contributed by atoms with Gasteiger partial charge in [-0.1, -0.05) is 36.4 Å². The summed E-state index contributed by atoms with van der Waals surface area (Å²) < 4.78 is 5.95. The first-order valence-corrected chi connectivity index (χ1v) is 9.05. The number of ether oxygens (including phenoxy) is 1. The molecule has 25 heavy (non-hydrogen) atoms. The van der Waals surface area contributed by atoms with E-state index < -0.39 is 0 Å². The zero-order chi connectivity index (χ0) is 17.2. The van der Waals surface area contributed by atoms with Gasteiger partial charge in [-0.15, -0.1) is 0 Å². The number of nitrogens with zero attached hydrogens (tertiary/aromatic N) is 2. The van der Waals surface area contributed by atoms with Gasteiger partial charge in [0.1, 0.15) is 6.10 Å². The van der Waals surface area contributed by atoms with E-state index in [0.29, 0.717) is 12.1 Å². The van der Waals surface area contributed by atoms with Gasteiger partial charge in [0.15, 0.2) is 0 Å². The second kappa shape index (κ2) is 6.89. The molecule has 2 aromatic rings. The summed E-state index contributed by atoms with van der Waals surface area (Å²) in [5.41, 5.74) is 1.66. The number of benzene rings is 2. The van der Waals surface area contributed by atoms with E-state index in [9.17, 15) is 4.79 Å². The van der Waals surface area contributed by atoms with E-state index >= 15 is 0 Å². The van der Waals surface area contributed by atoms with Gasteiger partial charge in [-0.2, -0.15) is 0 Å². The number of carbonyl (C=O) groups is 1. The normalized spacial score (nSPS) is 25.6. The van der Waals surface area contributed by atoms with Crippen LogP contribution in [0, 0.1) is 0 Å². The summed E-state index contributed by atoms with van der Waals surface area (Å²) in [6.07, 6.45) is 4.04. The van der Waals surface area contributed by atoms with Crippen LogP contribution in [0.4, 0.5) is 16.2 Å². The fourth-order valence-electron chi connectivity index (χ4n) is 4.17. The quantitative estimate of drug-likeness (QED) is 0.822. The van der Waals surface area contributed by atoms with Crippen LogP contribution in [0.5, 0.6) is 0 Å². The van der Waals surface area contributed by atoms with Gasteiger partial charge >= 0.3 is 6.09 Å². The minimum atomic E-state index is -0.286. The molecule has 2 fully saturated rings. The maximum Gasteiger partial charge on any atom is 0.419 e. The highest BCUT2D eigenvalue weighted by Gasteiger charge is 2.40. The number of fused-ring (bicyclic) bond motifs is 2. The SMILES string of the molecule is CN1[C@@H]2CC[C@H]1CC(OC(=O)N(c1ccccc1)c1ccccc1)C2. The topological polar surface area (TPSA) is 32.8 Å². The Morgan fingerprint density at radius 3 is 1.88 bits per heavy atom. The van der Waals surface area contributed by atoms with Gasteiger partial charge in [0.05, 0.1) is 11.4 Å². The third kappa shape index (κ3) is 3.27. The van der Waals surface area contributed by atoms with Crippen molar-refractivity contribution in [3.63, 3.8) is 0 Å². The summed E-state index contributed by atoms with van der Waals surface area (Å²) >= 11 is 0. The van der Waals surface area contributed by atoms with Gasteiger partial charge in [-0.3, -0.25) is 0 Å². The second-order valence-corrected chi connectivity index (χ2v) is 7.03. The summed E-state index contributed by atoms with van der Waals surface area (Å²) in [6.45, 7) is 0. The first-order chi connectivity index (χ1) is 12.2. The van der Waals surface area contributed by atoms with Gasteiger partial charge in [0, 0.05) is 24.9 Å². The van der Waals surface area contributed by atoms with Crippen molar-refractivity contribution in [2.75, 3.05) is 11.9 Å². The maximum absolute atomic E-state index is 13.0. The van der Waals surface area contributed by atoms with E-state index in [-0.39, 0.29) is 12.2 Å². The number of anilines is 2. The number of hydrogen-bond donors (Lipinski definition) is 0. The van der Waals surface area contributed by atoms with Crippen molar-refractivity contribution >= 4 is 17.5 Å². The zero-order valence-corrected chi connectivity index (χ0v) is 14.5. The molecule has 2 heterocycles. The fraction of sp³-hybridized carbons (Fsp3) is 0.381. The van der Waals surface area contributed by atoms with Crippen molar-refractivity contribution in [3.05, 3.63) is 60.7 Å². The molecule has 0 saturated carbocycles. The molecule has 0 aliphatic carbocycles. The summed E-state index contributed by atoms with van der Waals surface area (Å²) in [7, 11) is 2.20. The Hall–Kier alpha value is -2.33. The Morgan fingerprint density at radius 2 is 1.40 bits per heavy atom. The van der Waals surface area contributed by atoms with Crippen LogP contribution < -0.4 is 4.90 Å². The molecule has 4 heteroatoms. The summed E-state index contributed by atoms with van der Waals surface area (Å²) in [5.74, 6) is 0. The first-order valence-electron chi connectivity index (χ1n) is 9.05. The highest BCUT2D eigenvalue weighted by molar-refractivity contribution is 5.96. The minimum absolute atomic E-state index is 0.0103. The van der Waals surface area contributed by atoms with Crippen molar-refractivity contribution in [2.24, 2.45) is 0 Å². The van der Waals surface area contributed by atoms with Crippen LogP contribution in [0.25, 0.3) is 0 Å². The van der Waals surface area contributed by atoms with Crippen molar-refractivity contribution in [1.29, 1.82) is 0 Å². The van der Waals surface area contributed by atoms with Gasteiger partial charge < -0.3 is 9.64 Å². The van der Waals surface area contributed by atoms with Crippen LogP contribution in [0.15, 0.2) is 60.7 Å². The predicted octanol–water partition coefficient (Wildman–Crippen LogP) is 4.59. The highest BCUT2D eigenvalue weighted by atomic mass is 16.6. The maximum atomic E-state index is 13.0. The molecule has 4 nitrogen and oxygen atoms in total. The molecule has 1 amide bonds. The van der Waals surface area contributed by atoms with Crippen molar-refractivity contribution in [2.45, 2.75) is 43.9 Å². The Morgan fingerprint density at radius 1 is 0.920 bits per heavy atom. The second-order valence-electron chi connectivity index (χ2n) is 7.03. The average Bonchev–Trinajstić information content (AvgIpc) is 2.84. The summed E-state index contributed by atoms with van der Waals surface area (Å²) in [6, 6.07) is 20.5. The van der Waals surface area contributed by atoms with Crippen molar-refractivity contribution in [3.8, 4) is 0 Å². The number of rotatable bonds is 3. The Bertz CT molecular complexity index is 666. The summed E-state index contributed by atoms with van der Waals surface area (Å²) in [4.78, 5) is 17.1. The predicted molar refractivity (Wildman–Crippen MR) is 99.1 cm³/mol. The lowest BCUT2D eigenvalue weighted by Gasteiger charge is -2.36. The Labute approximate surface area is 149 Å². The molecule has 2 bridgehead atoms. The standard InChI is InChI=1S/C21H24N2O2/c1-22-18-12-13-19(22)15-20(14-18)25-21(24)23(16-8-4-2-5-9-16)17-10-6-3-7-11-17/h2-11,18-20H,12-15H2,1H3/t18-,19+,20?. The Kier molecular flexibility index (Phi) is 4.45. The number of piperidine rings is 1. The smallest absolute Gasteiger partial charge is 0.419 e. The van der Waals surface area contributed by atoms with E-state index in [4.69, 9.17) is 4.74 Å². The molecule has 0 N–H and O–H groups in total. The van der Waals surface area contributed by atoms with Gasteiger partial charge in [-0.05, 0) is 44.2 Å². The molecule has 4 rings (SSSR count). The lowest BCUT2D eigenvalue weighted by molar-refractivity contribution is 0.0327. The lowest BCUT2D eigenvalue weighted by Crippen LogP contribution is -2.44. The van der Waals surface area contributed by atoms with Gasteiger partial charge in [0.2, 0.25) is 0 Å². The molecule has 2 aliphatic rings. The van der Waals surface area contributed by atoms with Crippen LogP contribution in [-0.2, 0) is 4.74 Å². The molecule has 2 aliphatic heterocycles. The van der Waals surface area contributed by atoms with Crippen molar-refractivity contribution < 1.29 is 9.53 Å². The molecule has 2 saturated heterocycles. The van der Waals surface area contributed by atoms with Crippen LogP contribution >= 0.6 is 0 Å². The third-order valence-corrected chi connectivity index (χ3v) is 5.53. The number of amides is 1. The van der Waals surface area contributed by atoms with E-state index in [1.54, 1.807) is 4.90 Å². The first kappa shape index (κ1) is 16.2. The number of hydrogen-bond acceptors (Lipinski definition) is 3. The molecule has 0 spiro atoms. The van der Waals surface area contributed by atoms with E-state index in [1.807, 2.05) is 60.7 Å². The van der Waals surface area contributed by atoms with E-state index in [2.05, 4.69) is 11.9 Å². The van der Waals surface area contributed by atoms with E-state index in [1.165, 1.54) is 12.8 Å². The molecule has 0 aromatic heterocycles. The monoisotopic (exact) mass is 336 g/mol. The molecular formula is C21H24N2O2. The van der Waals surface area contributed by atoms with Gasteiger partial charge in [0.25, 0.3) is 0 Å². The van der Waals surface area contributed by atoms with Gasteiger partial charge in [-0.25, -0.2) is 9.69 Å². The third-order valence-electron chi connectivity index (χ3n) is 5.53. The number of para-hydroxylation sites is 2. The van der Waals surface area contributed by atoms with Crippen LogP contribution in [0.2, 0.25) is 0 Å². The minimum Gasteiger partial charge on any atom is -0.445 e. The van der Waals surface area contributed by atoms with E-state index in [0.717, 1.165) is 24.2 Å². The lowest BCUT2D eigenvalue weighted by atomic mass is 10.0. The zero-order valence-electron chi connectivity index (χ0n) is 14.5. The highest BCUT2D eigenvalue weighted by Crippen LogP contribution is 2.36. The molecule has 3 atom stereocenters. The van der Waals surface area contributed by atoms with Crippen LogP contribution in [0.1, 0.15) is 25.7 Å². The summed E-state index contributed by atoms with van der Waals surface area (Å²) in [5, 5.41) is 0. The molecule has 1 unspecified atom stereocenters. The number of carbonyl (C=O) groups excluding carboxylic acids is 1. The molecule has 0 radical (unpaired) electrons. The van der Waals surface area contributed by atoms with Crippen molar-refractivity contribution in [1.82, 2.24) is 4.90 Å². The fourth-order valence-corrected chi connectivity index (χ4v) is 4.17. The largest absolute Gasteiger partial charge is 0.445 e. The molecule has 130 valence electrons. The molecule has 2 aromatic carbocycles. The Balaban J connectivity index is 1.55. The molecular weight excluding hydrogens is 312 g/mol. The van der Waals surface area contributed by atoms with Crippen LogP contribution in [0.3, 0.4) is 0 Å². The van der Waals surface area contributed by atoms with Crippen LogP contribution in [-0.4, -0.2) is 36.2 Å².